The summed E-state index contributed by atoms with van der Waals surface area (Å²) >= 11 is 0. The molecule has 0 atom stereocenters. The molecule has 10 nitrogen and oxygen atoms in total. The van der Waals surface area contributed by atoms with Crippen LogP contribution >= 0.6 is 0 Å². The molecule has 0 radical (unpaired) electrons. The van der Waals surface area contributed by atoms with Gasteiger partial charge in [-0.1, -0.05) is 38.3 Å². The van der Waals surface area contributed by atoms with E-state index in [0.717, 1.165) is 57.7 Å². The molecule has 2 fully saturated rings. The van der Waals surface area contributed by atoms with E-state index < -0.39 is 23.4 Å². The van der Waals surface area contributed by atoms with Gasteiger partial charge < -0.3 is 25.5 Å². The van der Waals surface area contributed by atoms with Gasteiger partial charge >= 0.3 is 17.9 Å². The van der Waals surface area contributed by atoms with Crippen molar-refractivity contribution < 1.29 is 34.5 Å². The summed E-state index contributed by atoms with van der Waals surface area (Å²) in [5.41, 5.74) is 0.154. The number of nitrogens with zero attached hydrogens (tertiary/aromatic N) is 2. The fourth-order valence-electron chi connectivity index (χ4n) is 5.06. The molecule has 4 rings (SSSR count). The smallest absolute Gasteiger partial charge is 0.336 e. The van der Waals surface area contributed by atoms with Crippen LogP contribution in [0.4, 0.5) is 5.69 Å². The highest BCUT2D eigenvalue weighted by Gasteiger charge is 2.41. The van der Waals surface area contributed by atoms with Crippen LogP contribution in [-0.2, 0) is 4.79 Å². The Bertz CT molecular complexity index is 1120. The summed E-state index contributed by atoms with van der Waals surface area (Å²) in [5.74, 6) is -3.67. The van der Waals surface area contributed by atoms with E-state index in [2.05, 4.69) is 22.0 Å². The summed E-state index contributed by atoms with van der Waals surface area (Å²) in [6, 6.07) is 13.0. The van der Waals surface area contributed by atoms with Gasteiger partial charge in [-0.05, 0) is 62.2 Å². The number of aliphatic carboxylic acids is 1. The SMILES string of the molecule is CCCN1CCN(c2ccc(C(=O)NC3(C(=O)O)CCCCC3)cc2)CC1.O=C(O)c1ccccc1C(=O)O. The minimum atomic E-state index is -1.23. The number of anilines is 1. The molecule has 0 aromatic heterocycles. The van der Waals surface area contributed by atoms with Crippen LogP contribution < -0.4 is 10.2 Å². The van der Waals surface area contributed by atoms with Crippen LogP contribution in [0.3, 0.4) is 0 Å². The molecule has 4 N–H and O–H groups in total. The van der Waals surface area contributed by atoms with Crippen molar-refractivity contribution in [3.05, 3.63) is 65.2 Å². The van der Waals surface area contributed by atoms with E-state index in [1.165, 1.54) is 30.7 Å². The number of carboxylic acids is 3. The number of piperazine rings is 1. The van der Waals surface area contributed by atoms with Gasteiger partial charge in [-0.25, -0.2) is 14.4 Å². The molecule has 0 unspecified atom stereocenters. The molecule has 2 aromatic rings. The number of amides is 1. The fraction of sp³-hybridized carbons (Fsp3) is 0.448. The van der Waals surface area contributed by atoms with E-state index in [1.54, 1.807) is 0 Å². The molecule has 1 aliphatic carbocycles. The van der Waals surface area contributed by atoms with Gasteiger partial charge in [0.05, 0.1) is 11.1 Å². The molecule has 210 valence electrons. The maximum Gasteiger partial charge on any atom is 0.336 e. The summed E-state index contributed by atoms with van der Waals surface area (Å²) in [5, 5.41) is 29.5. The average molecular weight is 540 g/mol. The van der Waals surface area contributed by atoms with Gasteiger partial charge in [-0.2, -0.15) is 0 Å². The van der Waals surface area contributed by atoms with Crippen LogP contribution in [0.5, 0.6) is 0 Å². The van der Waals surface area contributed by atoms with Crippen LogP contribution in [0.1, 0.15) is 76.5 Å². The van der Waals surface area contributed by atoms with Crippen molar-refractivity contribution in [2.45, 2.75) is 51.0 Å². The highest BCUT2D eigenvalue weighted by atomic mass is 16.4. The second-order valence-electron chi connectivity index (χ2n) is 9.93. The Balaban J connectivity index is 0.000000293. The number of carboxylic acid groups (broad SMARTS) is 3. The minimum absolute atomic E-state index is 0.190. The van der Waals surface area contributed by atoms with Crippen LogP contribution in [0.15, 0.2) is 48.5 Å². The first-order valence-electron chi connectivity index (χ1n) is 13.4. The van der Waals surface area contributed by atoms with E-state index >= 15 is 0 Å². The third-order valence-electron chi connectivity index (χ3n) is 7.26. The number of hydrogen-bond acceptors (Lipinski definition) is 6. The Morgan fingerprint density at radius 1 is 0.795 bits per heavy atom. The van der Waals surface area contributed by atoms with Crippen molar-refractivity contribution in [3.8, 4) is 0 Å². The van der Waals surface area contributed by atoms with Gasteiger partial charge in [0, 0.05) is 37.4 Å². The summed E-state index contributed by atoms with van der Waals surface area (Å²) in [6.07, 6.45) is 4.92. The lowest BCUT2D eigenvalue weighted by molar-refractivity contribution is -0.145. The van der Waals surface area contributed by atoms with Crippen molar-refractivity contribution in [1.82, 2.24) is 10.2 Å². The summed E-state index contributed by atoms with van der Waals surface area (Å²) in [4.78, 5) is 50.1. The Morgan fingerprint density at radius 2 is 1.33 bits per heavy atom. The van der Waals surface area contributed by atoms with Gasteiger partial charge in [0.1, 0.15) is 5.54 Å². The maximum atomic E-state index is 12.6. The lowest BCUT2D eigenvalue weighted by Crippen LogP contribution is -2.55. The van der Waals surface area contributed by atoms with Gasteiger partial charge in [-0.3, -0.25) is 9.69 Å². The largest absolute Gasteiger partial charge is 0.480 e. The molecule has 10 heteroatoms. The lowest BCUT2D eigenvalue weighted by atomic mass is 9.81. The molecule has 39 heavy (non-hydrogen) atoms. The normalized spacial score (nSPS) is 16.9. The first-order valence-corrected chi connectivity index (χ1v) is 13.4. The third kappa shape index (κ3) is 7.79. The van der Waals surface area contributed by atoms with Crippen LogP contribution in [0, 0.1) is 0 Å². The molecule has 0 spiro atoms. The molecule has 0 bridgehead atoms. The van der Waals surface area contributed by atoms with E-state index in [-0.39, 0.29) is 17.0 Å². The Hall–Kier alpha value is -3.92. The Kier molecular flexibility index (Phi) is 10.4. The van der Waals surface area contributed by atoms with E-state index in [0.29, 0.717) is 18.4 Å². The molecule has 1 amide bonds. The van der Waals surface area contributed by atoms with Crippen LogP contribution in [-0.4, -0.2) is 82.3 Å². The first kappa shape index (κ1) is 29.6. The first-order chi connectivity index (χ1) is 18.7. The summed E-state index contributed by atoms with van der Waals surface area (Å²) in [7, 11) is 0. The highest BCUT2D eigenvalue weighted by Crippen LogP contribution is 2.29. The monoisotopic (exact) mass is 539 g/mol. The molecule has 2 aliphatic rings. The highest BCUT2D eigenvalue weighted by molar-refractivity contribution is 6.01. The minimum Gasteiger partial charge on any atom is -0.480 e. The molecule has 1 heterocycles. The van der Waals surface area contributed by atoms with E-state index in [1.807, 2.05) is 24.3 Å². The Labute approximate surface area is 228 Å². The zero-order chi connectivity index (χ0) is 28.4. The number of rotatable bonds is 8. The number of carbonyl (C=O) groups is 4. The van der Waals surface area contributed by atoms with Crippen molar-refractivity contribution >= 4 is 29.5 Å². The molecular weight excluding hydrogens is 502 g/mol. The number of carbonyl (C=O) groups excluding carboxylic acids is 1. The topological polar surface area (TPSA) is 147 Å². The van der Waals surface area contributed by atoms with Crippen molar-refractivity contribution in [1.29, 1.82) is 0 Å². The second kappa shape index (κ2) is 13.7. The molecule has 1 saturated carbocycles. The van der Waals surface area contributed by atoms with Crippen LogP contribution in [0.25, 0.3) is 0 Å². The molecular formula is C29H37N3O7. The number of hydrogen-bond donors (Lipinski definition) is 4. The van der Waals surface area contributed by atoms with Crippen molar-refractivity contribution in [3.63, 3.8) is 0 Å². The third-order valence-corrected chi connectivity index (χ3v) is 7.26. The van der Waals surface area contributed by atoms with E-state index in [4.69, 9.17) is 10.2 Å². The van der Waals surface area contributed by atoms with E-state index in [9.17, 15) is 24.3 Å². The molecule has 2 aromatic carbocycles. The average Bonchev–Trinajstić information content (AvgIpc) is 2.94. The second-order valence-corrected chi connectivity index (χ2v) is 9.93. The zero-order valence-corrected chi connectivity index (χ0v) is 22.3. The molecule has 1 saturated heterocycles. The Morgan fingerprint density at radius 3 is 1.79 bits per heavy atom. The number of nitrogens with one attached hydrogen (secondary N) is 1. The van der Waals surface area contributed by atoms with Gasteiger partial charge in [0.15, 0.2) is 0 Å². The maximum absolute atomic E-state index is 12.6. The van der Waals surface area contributed by atoms with Gasteiger partial charge in [0.25, 0.3) is 5.91 Å². The number of benzene rings is 2. The predicted octanol–water partition coefficient (Wildman–Crippen LogP) is 3.82. The number of aromatic carboxylic acids is 2. The fourth-order valence-corrected chi connectivity index (χ4v) is 5.06. The van der Waals surface area contributed by atoms with Crippen LogP contribution in [0.2, 0.25) is 0 Å². The lowest BCUT2D eigenvalue weighted by Gasteiger charge is -2.36. The van der Waals surface area contributed by atoms with Crippen molar-refractivity contribution in [2.24, 2.45) is 0 Å². The molecule has 1 aliphatic heterocycles. The summed E-state index contributed by atoms with van der Waals surface area (Å²) < 4.78 is 0. The standard InChI is InChI=1S/C21H31N3O3.C8H6O4/c1-2-12-23-13-15-24(16-14-23)18-8-6-17(7-9-18)19(25)22-21(20(26)27)10-4-3-5-11-21;9-7(10)5-3-1-2-4-6(5)8(11)12/h6-9H,2-5,10-16H2,1H3,(H,22,25)(H,26,27);1-4H,(H,9,10)(H,11,12). The zero-order valence-electron chi connectivity index (χ0n) is 22.3. The van der Waals surface area contributed by atoms with Crippen molar-refractivity contribution in [2.75, 3.05) is 37.6 Å². The predicted molar refractivity (Wildman–Crippen MR) is 147 cm³/mol. The van der Waals surface area contributed by atoms with Gasteiger partial charge in [-0.15, -0.1) is 0 Å². The van der Waals surface area contributed by atoms with Gasteiger partial charge in [0.2, 0.25) is 0 Å². The quantitative estimate of drug-likeness (QED) is 0.393. The summed E-state index contributed by atoms with van der Waals surface area (Å²) in [6.45, 7) is 7.48.